The van der Waals surface area contributed by atoms with Gasteiger partial charge in [-0.3, -0.25) is 0 Å². The quantitative estimate of drug-likeness (QED) is 0.720. The topological polar surface area (TPSA) is 49.8 Å². The summed E-state index contributed by atoms with van der Waals surface area (Å²) in [4.78, 5) is 4.47. The molecule has 0 unspecified atom stereocenters. The van der Waals surface area contributed by atoms with Gasteiger partial charge in [-0.1, -0.05) is 0 Å². The van der Waals surface area contributed by atoms with Crippen molar-refractivity contribution in [1.29, 1.82) is 0 Å². The van der Waals surface area contributed by atoms with Gasteiger partial charge in [-0.25, -0.2) is 4.98 Å². The minimum Gasteiger partial charge on any atom is -0.359 e. The molecule has 15 heavy (non-hydrogen) atoms. The molecule has 0 spiro atoms. The predicted molar refractivity (Wildman–Crippen MR) is 61.4 cm³/mol. The largest absolute Gasteiger partial charge is 0.359 e. The van der Waals surface area contributed by atoms with Crippen molar-refractivity contribution >= 4 is 16.7 Å². The molecule has 2 N–H and O–H groups in total. The van der Waals surface area contributed by atoms with Crippen molar-refractivity contribution in [3.63, 3.8) is 0 Å². The lowest BCUT2D eigenvalue weighted by Gasteiger charge is -2.02. The van der Waals surface area contributed by atoms with Gasteiger partial charge < -0.3 is 10.6 Å². The molecule has 1 aromatic heterocycles. The molecular weight excluding hydrogens is 208 g/mol. The van der Waals surface area contributed by atoms with Crippen molar-refractivity contribution in [3.8, 4) is 0 Å². The lowest BCUT2D eigenvalue weighted by molar-refractivity contribution is 0.701. The van der Waals surface area contributed by atoms with E-state index in [0.29, 0.717) is 5.92 Å². The molecule has 0 radical (unpaired) electrons. The third-order valence-electron chi connectivity index (χ3n) is 2.80. The van der Waals surface area contributed by atoms with E-state index in [9.17, 15) is 0 Å². The summed E-state index contributed by atoms with van der Waals surface area (Å²) < 4.78 is 4.35. The van der Waals surface area contributed by atoms with Crippen molar-refractivity contribution in [1.82, 2.24) is 14.7 Å². The summed E-state index contributed by atoms with van der Waals surface area (Å²) >= 11 is 1.49. The van der Waals surface area contributed by atoms with Crippen molar-refractivity contribution < 1.29 is 0 Å². The minimum atomic E-state index is 0.668. The monoisotopic (exact) mass is 224 g/mol. The van der Waals surface area contributed by atoms with Crippen LogP contribution in [0.15, 0.2) is 0 Å². The average molecular weight is 224 g/mol. The van der Waals surface area contributed by atoms with Crippen molar-refractivity contribution in [3.05, 3.63) is 5.82 Å². The number of hydrogen-bond acceptors (Lipinski definition) is 5. The van der Waals surface area contributed by atoms with E-state index in [1.165, 1.54) is 37.2 Å². The van der Waals surface area contributed by atoms with Crippen LogP contribution in [0, 0.1) is 0 Å². The molecule has 0 aromatic carbocycles. The summed E-state index contributed by atoms with van der Waals surface area (Å²) in [5.41, 5.74) is 0. The summed E-state index contributed by atoms with van der Waals surface area (Å²) in [6.07, 6.45) is 5.26. The van der Waals surface area contributed by atoms with Gasteiger partial charge in [-0.15, -0.1) is 0 Å². The van der Waals surface area contributed by atoms with E-state index in [1.807, 2.05) is 0 Å². The Morgan fingerprint density at radius 1 is 1.20 bits per heavy atom. The first-order valence-electron chi connectivity index (χ1n) is 5.72. The van der Waals surface area contributed by atoms with Crippen LogP contribution in [-0.2, 0) is 0 Å². The fourth-order valence-corrected chi connectivity index (χ4v) is 2.22. The normalized spacial score (nSPS) is 20.5. The van der Waals surface area contributed by atoms with Crippen LogP contribution in [-0.4, -0.2) is 28.5 Å². The van der Waals surface area contributed by atoms with Crippen LogP contribution >= 0.6 is 11.5 Å². The molecule has 0 atom stereocenters. The Morgan fingerprint density at radius 2 is 2.07 bits per heavy atom. The maximum absolute atomic E-state index is 4.47. The number of rotatable bonds is 6. The zero-order chi connectivity index (χ0) is 10.1. The van der Waals surface area contributed by atoms with Crippen molar-refractivity contribution in [2.45, 2.75) is 37.6 Å². The molecule has 5 heteroatoms. The standard InChI is InChI=1S/C10H16N4S/c1-2-7(1)9-13-10(15-14-9)12-6-5-11-8-3-4-8/h7-8,11H,1-6H2,(H,12,13,14). The van der Waals surface area contributed by atoms with Gasteiger partial charge in [0.25, 0.3) is 0 Å². The van der Waals surface area contributed by atoms with Gasteiger partial charge in [-0.05, 0) is 25.7 Å². The maximum Gasteiger partial charge on any atom is 0.202 e. The Hall–Kier alpha value is -0.680. The Kier molecular flexibility index (Phi) is 2.58. The molecule has 0 aliphatic heterocycles. The van der Waals surface area contributed by atoms with Gasteiger partial charge >= 0.3 is 0 Å². The second-order valence-corrected chi connectivity index (χ2v) is 5.14. The van der Waals surface area contributed by atoms with E-state index in [4.69, 9.17) is 0 Å². The summed E-state index contributed by atoms with van der Waals surface area (Å²) in [6, 6.07) is 0.795. The minimum absolute atomic E-state index is 0.668. The van der Waals surface area contributed by atoms with Gasteiger partial charge in [0.15, 0.2) is 0 Å². The predicted octanol–water partition coefficient (Wildman–Crippen LogP) is 1.58. The molecule has 1 heterocycles. The first kappa shape index (κ1) is 9.54. The molecule has 4 nitrogen and oxygen atoms in total. The molecule has 2 fully saturated rings. The number of anilines is 1. The highest BCUT2D eigenvalue weighted by Crippen LogP contribution is 2.39. The SMILES string of the molecule is C(CNC1CC1)Nc1nc(C2CC2)ns1. The van der Waals surface area contributed by atoms with Gasteiger partial charge in [0, 0.05) is 36.6 Å². The highest BCUT2D eigenvalue weighted by molar-refractivity contribution is 7.09. The molecule has 1 aromatic rings. The molecule has 2 aliphatic carbocycles. The number of hydrogen-bond donors (Lipinski definition) is 2. The second kappa shape index (κ2) is 4.06. The van der Waals surface area contributed by atoms with Crippen LogP contribution < -0.4 is 10.6 Å². The van der Waals surface area contributed by atoms with Gasteiger partial charge in [0.1, 0.15) is 5.82 Å². The van der Waals surface area contributed by atoms with Crippen LogP contribution in [0.1, 0.15) is 37.4 Å². The maximum atomic E-state index is 4.47. The summed E-state index contributed by atoms with van der Waals surface area (Å²) in [5, 5.41) is 7.76. The van der Waals surface area contributed by atoms with E-state index >= 15 is 0 Å². The van der Waals surface area contributed by atoms with E-state index in [1.54, 1.807) is 0 Å². The highest BCUT2D eigenvalue weighted by Gasteiger charge is 2.27. The smallest absolute Gasteiger partial charge is 0.202 e. The van der Waals surface area contributed by atoms with Crippen LogP contribution in [0.25, 0.3) is 0 Å². The van der Waals surface area contributed by atoms with Crippen molar-refractivity contribution in [2.24, 2.45) is 0 Å². The van der Waals surface area contributed by atoms with E-state index < -0.39 is 0 Å². The number of nitrogens with zero attached hydrogens (tertiary/aromatic N) is 2. The van der Waals surface area contributed by atoms with Crippen LogP contribution in [0.2, 0.25) is 0 Å². The first-order chi connectivity index (χ1) is 7.42. The van der Waals surface area contributed by atoms with E-state index in [-0.39, 0.29) is 0 Å². The molecular formula is C10H16N4S. The third kappa shape index (κ3) is 2.66. The second-order valence-electron chi connectivity index (χ2n) is 4.39. The number of nitrogens with one attached hydrogen (secondary N) is 2. The first-order valence-corrected chi connectivity index (χ1v) is 6.50. The summed E-state index contributed by atoms with van der Waals surface area (Å²) in [5.74, 6) is 1.72. The summed E-state index contributed by atoms with van der Waals surface area (Å²) in [6.45, 7) is 1.98. The van der Waals surface area contributed by atoms with Crippen LogP contribution in [0.4, 0.5) is 5.13 Å². The summed E-state index contributed by atoms with van der Waals surface area (Å²) in [7, 11) is 0. The highest BCUT2D eigenvalue weighted by atomic mass is 32.1. The number of aromatic nitrogens is 2. The van der Waals surface area contributed by atoms with Crippen molar-refractivity contribution in [2.75, 3.05) is 18.4 Å². The molecule has 0 amide bonds. The Balaban J connectivity index is 1.40. The van der Waals surface area contributed by atoms with Crippen LogP contribution in [0.3, 0.4) is 0 Å². The zero-order valence-electron chi connectivity index (χ0n) is 8.70. The average Bonchev–Trinajstić information content (AvgIpc) is 3.14. The van der Waals surface area contributed by atoms with Crippen LogP contribution in [0.5, 0.6) is 0 Å². The van der Waals surface area contributed by atoms with Gasteiger partial charge in [-0.2, -0.15) is 4.37 Å². The lowest BCUT2D eigenvalue weighted by Crippen LogP contribution is -2.23. The molecule has 0 saturated heterocycles. The molecule has 3 rings (SSSR count). The molecule has 2 aliphatic rings. The fourth-order valence-electron chi connectivity index (χ4n) is 1.55. The zero-order valence-corrected chi connectivity index (χ0v) is 9.52. The molecule has 82 valence electrons. The molecule has 0 bridgehead atoms. The Morgan fingerprint density at radius 3 is 2.80 bits per heavy atom. The Bertz CT molecular complexity index is 330. The van der Waals surface area contributed by atoms with E-state index in [0.717, 1.165) is 30.1 Å². The third-order valence-corrected chi connectivity index (χ3v) is 3.48. The van der Waals surface area contributed by atoms with E-state index in [2.05, 4.69) is 20.0 Å². The van der Waals surface area contributed by atoms with Gasteiger partial charge in [0.2, 0.25) is 5.13 Å². The van der Waals surface area contributed by atoms with Gasteiger partial charge in [0.05, 0.1) is 0 Å². The fraction of sp³-hybridized carbons (Fsp3) is 0.800. The Labute approximate surface area is 93.7 Å². The molecule has 2 saturated carbocycles. The lowest BCUT2D eigenvalue weighted by atomic mass is 10.4.